The number of ether oxygens (including phenoxy) is 1. The van der Waals surface area contributed by atoms with Crippen molar-refractivity contribution in [1.29, 1.82) is 0 Å². The van der Waals surface area contributed by atoms with Crippen LogP contribution in [-0.2, 0) is 19.6 Å². The van der Waals surface area contributed by atoms with Gasteiger partial charge < -0.3 is 10.1 Å². The number of carbonyl (C=O) groups excluding carboxylic acids is 2. The highest BCUT2D eigenvalue weighted by atomic mass is 35.5. The van der Waals surface area contributed by atoms with Gasteiger partial charge in [0, 0.05) is 10.7 Å². The minimum atomic E-state index is -3.56. The van der Waals surface area contributed by atoms with Crippen LogP contribution in [0, 0.1) is 0 Å². The summed E-state index contributed by atoms with van der Waals surface area (Å²) in [7, 11) is -3.56. The SMILES string of the molecule is CS(=O)(=O)Nc1ccccc1C(=O)OCC(=O)Nc1ccc(Cl)cc1. The first-order chi connectivity index (χ1) is 11.7. The number of esters is 1. The van der Waals surface area contributed by atoms with Gasteiger partial charge in [-0.2, -0.15) is 0 Å². The molecule has 2 aromatic rings. The quantitative estimate of drug-likeness (QED) is 0.747. The van der Waals surface area contributed by atoms with Crippen molar-refractivity contribution < 1.29 is 22.7 Å². The molecule has 25 heavy (non-hydrogen) atoms. The van der Waals surface area contributed by atoms with Gasteiger partial charge in [0.1, 0.15) is 0 Å². The lowest BCUT2D eigenvalue weighted by molar-refractivity contribution is -0.119. The molecule has 0 atom stereocenters. The Labute approximate surface area is 150 Å². The number of hydrogen-bond donors (Lipinski definition) is 2. The highest BCUT2D eigenvalue weighted by Gasteiger charge is 2.16. The molecule has 0 saturated heterocycles. The zero-order valence-electron chi connectivity index (χ0n) is 13.2. The summed E-state index contributed by atoms with van der Waals surface area (Å²) in [4.78, 5) is 23.9. The molecule has 0 aliphatic rings. The molecule has 2 rings (SSSR count). The summed E-state index contributed by atoms with van der Waals surface area (Å²) in [6.45, 7) is -0.519. The number of nitrogens with one attached hydrogen (secondary N) is 2. The van der Waals surface area contributed by atoms with E-state index in [9.17, 15) is 18.0 Å². The topological polar surface area (TPSA) is 102 Å². The molecule has 132 valence electrons. The van der Waals surface area contributed by atoms with E-state index in [4.69, 9.17) is 16.3 Å². The molecule has 0 heterocycles. The van der Waals surface area contributed by atoms with Crippen LogP contribution in [0.5, 0.6) is 0 Å². The van der Waals surface area contributed by atoms with E-state index in [0.29, 0.717) is 10.7 Å². The Balaban J connectivity index is 1.98. The summed E-state index contributed by atoms with van der Waals surface area (Å²) in [6, 6.07) is 12.4. The molecule has 0 bridgehead atoms. The van der Waals surface area contributed by atoms with Crippen LogP contribution in [0.3, 0.4) is 0 Å². The lowest BCUT2D eigenvalue weighted by atomic mass is 10.2. The lowest BCUT2D eigenvalue weighted by Crippen LogP contribution is -2.21. The second-order valence-corrected chi connectivity index (χ2v) is 7.24. The number of halogens is 1. The van der Waals surface area contributed by atoms with Gasteiger partial charge in [-0.3, -0.25) is 9.52 Å². The van der Waals surface area contributed by atoms with Gasteiger partial charge in [0.2, 0.25) is 10.0 Å². The third kappa shape index (κ3) is 6.09. The highest BCUT2D eigenvalue weighted by molar-refractivity contribution is 7.92. The minimum Gasteiger partial charge on any atom is -0.452 e. The van der Waals surface area contributed by atoms with Crippen LogP contribution in [0.15, 0.2) is 48.5 Å². The fourth-order valence-electron chi connectivity index (χ4n) is 1.89. The van der Waals surface area contributed by atoms with Gasteiger partial charge in [-0.1, -0.05) is 23.7 Å². The number of anilines is 2. The fraction of sp³-hybridized carbons (Fsp3) is 0.125. The third-order valence-electron chi connectivity index (χ3n) is 2.90. The van der Waals surface area contributed by atoms with Gasteiger partial charge >= 0.3 is 5.97 Å². The molecule has 0 spiro atoms. The maximum absolute atomic E-state index is 12.1. The largest absolute Gasteiger partial charge is 0.452 e. The average molecular weight is 383 g/mol. The monoisotopic (exact) mass is 382 g/mol. The second kappa shape index (κ2) is 8.00. The van der Waals surface area contributed by atoms with E-state index in [-0.39, 0.29) is 11.3 Å². The van der Waals surface area contributed by atoms with Crippen LogP contribution in [-0.4, -0.2) is 33.2 Å². The smallest absolute Gasteiger partial charge is 0.340 e. The van der Waals surface area contributed by atoms with Crippen molar-refractivity contribution in [3.63, 3.8) is 0 Å². The highest BCUT2D eigenvalue weighted by Crippen LogP contribution is 2.17. The standard InChI is InChI=1S/C16H15ClN2O5S/c1-25(22,23)19-14-5-3-2-4-13(14)16(21)24-10-15(20)18-12-8-6-11(17)7-9-12/h2-9,19H,10H2,1H3,(H,18,20). The Morgan fingerprint density at radius 1 is 1.08 bits per heavy atom. The third-order valence-corrected chi connectivity index (χ3v) is 3.75. The van der Waals surface area contributed by atoms with Crippen LogP contribution in [0.2, 0.25) is 5.02 Å². The number of para-hydroxylation sites is 1. The van der Waals surface area contributed by atoms with Crippen molar-refractivity contribution in [2.24, 2.45) is 0 Å². The first-order valence-corrected chi connectivity index (χ1v) is 9.31. The van der Waals surface area contributed by atoms with E-state index in [0.717, 1.165) is 6.26 Å². The number of rotatable bonds is 6. The van der Waals surface area contributed by atoms with Crippen molar-refractivity contribution in [2.45, 2.75) is 0 Å². The first-order valence-electron chi connectivity index (χ1n) is 7.04. The van der Waals surface area contributed by atoms with E-state index in [2.05, 4.69) is 10.0 Å². The number of benzene rings is 2. The van der Waals surface area contributed by atoms with Crippen LogP contribution in [0.4, 0.5) is 11.4 Å². The predicted molar refractivity (Wildman–Crippen MR) is 95.3 cm³/mol. The molecule has 0 aromatic heterocycles. The molecule has 2 aromatic carbocycles. The number of sulfonamides is 1. The van der Waals surface area contributed by atoms with Gasteiger partial charge in [0.25, 0.3) is 5.91 Å². The van der Waals surface area contributed by atoms with Gasteiger partial charge in [0.15, 0.2) is 6.61 Å². The molecule has 0 saturated carbocycles. The summed E-state index contributed by atoms with van der Waals surface area (Å²) < 4.78 is 29.8. The molecule has 0 aliphatic heterocycles. The second-order valence-electron chi connectivity index (χ2n) is 5.05. The van der Waals surface area contributed by atoms with Crippen molar-refractivity contribution in [2.75, 3.05) is 22.9 Å². The van der Waals surface area contributed by atoms with Gasteiger partial charge in [-0.05, 0) is 36.4 Å². The van der Waals surface area contributed by atoms with Crippen molar-refractivity contribution >= 4 is 44.9 Å². The van der Waals surface area contributed by atoms with Crippen molar-refractivity contribution in [3.8, 4) is 0 Å². The number of amides is 1. The molecule has 9 heteroatoms. The van der Waals surface area contributed by atoms with Crippen LogP contribution >= 0.6 is 11.6 Å². The number of carbonyl (C=O) groups is 2. The average Bonchev–Trinajstić information content (AvgIpc) is 2.54. The van der Waals surface area contributed by atoms with Gasteiger partial charge in [-0.15, -0.1) is 0 Å². The fourth-order valence-corrected chi connectivity index (χ4v) is 2.59. The lowest BCUT2D eigenvalue weighted by Gasteiger charge is -2.10. The molecule has 0 radical (unpaired) electrons. The van der Waals surface area contributed by atoms with E-state index >= 15 is 0 Å². The Morgan fingerprint density at radius 3 is 2.36 bits per heavy atom. The van der Waals surface area contributed by atoms with Crippen LogP contribution in [0.1, 0.15) is 10.4 Å². The van der Waals surface area contributed by atoms with E-state index in [1.807, 2.05) is 0 Å². The Hall–Kier alpha value is -2.58. The minimum absolute atomic E-state index is 0.00668. The summed E-state index contributed by atoms with van der Waals surface area (Å²) in [5.41, 5.74) is 0.588. The van der Waals surface area contributed by atoms with Crippen molar-refractivity contribution in [3.05, 3.63) is 59.1 Å². The zero-order chi connectivity index (χ0) is 18.4. The molecule has 1 amide bonds. The molecule has 7 nitrogen and oxygen atoms in total. The first kappa shape index (κ1) is 18.8. The van der Waals surface area contributed by atoms with E-state index in [1.165, 1.54) is 12.1 Å². The molecule has 0 fully saturated rings. The number of hydrogen-bond acceptors (Lipinski definition) is 5. The van der Waals surface area contributed by atoms with E-state index in [1.54, 1.807) is 36.4 Å². The molecule has 0 unspecified atom stereocenters. The van der Waals surface area contributed by atoms with Crippen LogP contribution < -0.4 is 10.0 Å². The van der Waals surface area contributed by atoms with E-state index < -0.39 is 28.5 Å². The Kier molecular flexibility index (Phi) is 6.00. The maximum Gasteiger partial charge on any atom is 0.340 e. The maximum atomic E-state index is 12.1. The molecular formula is C16H15ClN2O5S. The van der Waals surface area contributed by atoms with Gasteiger partial charge in [0.05, 0.1) is 17.5 Å². The molecule has 2 N–H and O–H groups in total. The predicted octanol–water partition coefficient (Wildman–Crippen LogP) is 2.51. The molecular weight excluding hydrogens is 368 g/mol. The Bertz CT molecular complexity index is 882. The summed E-state index contributed by atoms with van der Waals surface area (Å²) in [6.07, 6.45) is 0.967. The van der Waals surface area contributed by atoms with Gasteiger partial charge in [-0.25, -0.2) is 13.2 Å². The summed E-state index contributed by atoms with van der Waals surface area (Å²) in [5, 5.41) is 3.07. The van der Waals surface area contributed by atoms with Crippen molar-refractivity contribution in [1.82, 2.24) is 0 Å². The summed E-state index contributed by atoms with van der Waals surface area (Å²) in [5.74, 6) is -1.36. The van der Waals surface area contributed by atoms with Crippen LogP contribution in [0.25, 0.3) is 0 Å². The summed E-state index contributed by atoms with van der Waals surface area (Å²) >= 11 is 5.75. The molecule has 0 aliphatic carbocycles. The zero-order valence-corrected chi connectivity index (χ0v) is 14.7. The Morgan fingerprint density at radius 2 is 1.72 bits per heavy atom. The normalized spacial score (nSPS) is 10.8.